The summed E-state index contributed by atoms with van der Waals surface area (Å²) >= 11 is 5.71. The number of fused-ring (bicyclic) bond motifs is 1. The molecule has 0 unspecified atom stereocenters. The van der Waals surface area contributed by atoms with E-state index in [0.29, 0.717) is 21.8 Å². The van der Waals surface area contributed by atoms with Gasteiger partial charge in [-0.25, -0.2) is 4.39 Å². The van der Waals surface area contributed by atoms with Crippen molar-refractivity contribution < 1.29 is 9.13 Å². The molecular formula is C9H7ClFNO. The molecule has 0 atom stereocenters. The summed E-state index contributed by atoms with van der Waals surface area (Å²) in [6.07, 6.45) is 0. The number of nitrogens with one attached hydrogen (secondary N) is 1. The average molecular weight is 200 g/mol. The predicted molar refractivity (Wildman–Crippen MR) is 49.8 cm³/mol. The lowest BCUT2D eigenvalue weighted by molar-refractivity contribution is 0.419. The fourth-order valence-corrected chi connectivity index (χ4v) is 1.51. The Morgan fingerprint density at radius 3 is 2.92 bits per heavy atom. The number of hydrogen-bond donors (Lipinski definition) is 1. The first-order valence-electron chi connectivity index (χ1n) is 3.73. The Labute approximate surface area is 79.3 Å². The van der Waals surface area contributed by atoms with Crippen molar-refractivity contribution >= 4 is 22.5 Å². The highest BCUT2D eigenvalue weighted by Gasteiger charge is 2.08. The Morgan fingerprint density at radius 2 is 2.23 bits per heavy atom. The van der Waals surface area contributed by atoms with Gasteiger partial charge in [0.25, 0.3) is 0 Å². The van der Waals surface area contributed by atoms with E-state index in [1.54, 1.807) is 12.1 Å². The standard InChI is InChI=1S/C9H7ClFNO/c1-13-7-3-2-6(11)9-5(7)4-8(10)12-9/h2-4,12H,1H3. The Morgan fingerprint density at radius 1 is 1.46 bits per heavy atom. The second kappa shape index (κ2) is 2.92. The molecule has 2 rings (SSSR count). The van der Waals surface area contributed by atoms with Crippen LogP contribution in [0.25, 0.3) is 10.9 Å². The first kappa shape index (κ1) is 8.38. The molecule has 0 saturated heterocycles. The van der Waals surface area contributed by atoms with Gasteiger partial charge in [-0.3, -0.25) is 0 Å². The zero-order valence-electron chi connectivity index (χ0n) is 6.90. The third-order valence-corrected chi connectivity index (χ3v) is 2.09. The summed E-state index contributed by atoms with van der Waals surface area (Å²) in [5, 5.41) is 1.06. The van der Waals surface area contributed by atoms with Gasteiger partial charge in [0.2, 0.25) is 0 Å². The van der Waals surface area contributed by atoms with E-state index in [1.165, 1.54) is 13.2 Å². The maximum Gasteiger partial charge on any atom is 0.147 e. The van der Waals surface area contributed by atoms with E-state index in [1.807, 2.05) is 0 Å². The first-order chi connectivity index (χ1) is 6.22. The van der Waals surface area contributed by atoms with Crippen molar-refractivity contribution in [3.8, 4) is 5.75 Å². The van der Waals surface area contributed by atoms with Crippen molar-refractivity contribution in [2.75, 3.05) is 7.11 Å². The SMILES string of the molecule is COc1ccc(F)c2[nH]c(Cl)cc12. The van der Waals surface area contributed by atoms with Crippen molar-refractivity contribution in [2.24, 2.45) is 0 Å². The minimum absolute atomic E-state index is 0.331. The van der Waals surface area contributed by atoms with E-state index in [-0.39, 0.29) is 5.82 Å². The van der Waals surface area contributed by atoms with Crippen LogP contribution >= 0.6 is 11.6 Å². The van der Waals surface area contributed by atoms with Gasteiger partial charge in [0.15, 0.2) is 0 Å². The highest BCUT2D eigenvalue weighted by atomic mass is 35.5. The zero-order chi connectivity index (χ0) is 9.42. The molecule has 0 spiro atoms. The van der Waals surface area contributed by atoms with E-state index < -0.39 is 0 Å². The van der Waals surface area contributed by atoms with Gasteiger partial charge in [0.05, 0.1) is 12.6 Å². The fraction of sp³-hybridized carbons (Fsp3) is 0.111. The lowest BCUT2D eigenvalue weighted by atomic mass is 10.2. The second-order valence-corrected chi connectivity index (χ2v) is 3.06. The molecule has 0 aliphatic carbocycles. The third-order valence-electron chi connectivity index (χ3n) is 1.89. The van der Waals surface area contributed by atoms with E-state index in [0.717, 1.165) is 0 Å². The number of aromatic nitrogens is 1. The molecule has 0 saturated carbocycles. The number of methoxy groups -OCH3 is 1. The van der Waals surface area contributed by atoms with Crippen LogP contribution in [0.2, 0.25) is 5.15 Å². The maximum absolute atomic E-state index is 13.2. The Hall–Kier alpha value is -1.22. The quantitative estimate of drug-likeness (QED) is 0.751. The number of H-pyrrole nitrogens is 1. The third kappa shape index (κ3) is 1.25. The molecule has 4 heteroatoms. The Balaban J connectivity index is 2.83. The van der Waals surface area contributed by atoms with Crippen LogP contribution in [0.5, 0.6) is 5.75 Å². The molecule has 68 valence electrons. The summed E-state index contributed by atoms with van der Waals surface area (Å²) < 4.78 is 18.2. The first-order valence-corrected chi connectivity index (χ1v) is 4.11. The molecule has 0 fully saturated rings. The molecule has 13 heavy (non-hydrogen) atoms. The molecule has 1 heterocycles. The highest BCUT2D eigenvalue weighted by Crippen LogP contribution is 2.29. The minimum Gasteiger partial charge on any atom is -0.496 e. The summed E-state index contributed by atoms with van der Waals surface area (Å²) in [5.41, 5.74) is 0.379. The van der Waals surface area contributed by atoms with Gasteiger partial charge in [-0.2, -0.15) is 0 Å². The second-order valence-electron chi connectivity index (χ2n) is 2.66. The van der Waals surface area contributed by atoms with Crippen molar-refractivity contribution in [1.82, 2.24) is 4.98 Å². The van der Waals surface area contributed by atoms with Crippen LogP contribution in [-0.2, 0) is 0 Å². The van der Waals surface area contributed by atoms with E-state index >= 15 is 0 Å². The van der Waals surface area contributed by atoms with Crippen LogP contribution in [0, 0.1) is 5.82 Å². The molecule has 1 aromatic heterocycles. The maximum atomic E-state index is 13.2. The number of ether oxygens (including phenoxy) is 1. The van der Waals surface area contributed by atoms with Crippen molar-refractivity contribution in [2.45, 2.75) is 0 Å². The monoisotopic (exact) mass is 199 g/mol. The van der Waals surface area contributed by atoms with E-state index in [4.69, 9.17) is 16.3 Å². The highest BCUT2D eigenvalue weighted by molar-refractivity contribution is 6.30. The molecule has 0 radical (unpaired) electrons. The largest absolute Gasteiger partial charge is 0.496 e. The smallest absolute Gasteiger partial charge is 0.147 e. The Kier molecular flexibility index (Phi) is 1.88. The van der Waals surface area contributed by atoms with Crippen LogP contribution < -0.4 is 4.74 Å². The molecule has 1 aromatic carbocycles. The van der Waals surface area contributed by atoms with Crippen LogP contribution in [-0.4, -0.2) is 12.1 Å². The molecule has 0 aliphatic heterocycles. The molecule has 2 nitrogen and oxygen atoms in total. The van der Waals surface area contributed by atoms with Crippen LogP contribution in [0.4, 0.5) is 4.39 Å². The number of rotatable bonds is 1. The van der Waals surface area contributed by atoms with Crippen LogP contribution in [0.15, 0.2) is 18.2 Å². The molecule has 0 bridgehead atoms. The number of benzene rings is 1. The summed E-state index contributed by atoms with van der Waals surface area (Å²) in [7, 11) is 1.54. The van der Waals surface area contributed by atoms with E-state index in [2.05, 4.69) is 4.98 Å². The molecule has 1 N–H and O–H groups in total. The van der Waals surface area contributed by atoms with Gasteiger partial charge in [0.1, 0.15) is 16.7 Å². The van der Waals surface area contributed by atoms with Crippen molar-refractivity contribution in [3.05, 3.63) is 29.2 Å². The molecule has 0 aliphatic rings. The van der Waals surface area contributed by atoms with E-state index in [9.17, 15) is 4.39 Å². The normalized spacial score (nSPS) is 10.7. The van der Waals surface area contributed by atoms with Crippen LogP contribution in [0.1, 0.15) is 0 Å². The lowest BCUT2D eigenvalue weighted by Gasteiger charge is -2.00. The van der Waals surface area contributed by atoms with Crippen molar-refractivity contribution in [1.29, 1.82) is 0 Å². The van der Waals surface area contributed by atoms with Gasteiger partial charge >= 0.3 is 0 Å². The fourth-order valence-electron chi connectivity index (χ4n) is 1.30. The molecule has 2 aromatic rings. The van der Waals surface area contributed by atoms with Gasteiger partial charge < -0.3 is 9.72 Å². The summed E-state index contributed by atoms with van der Waals surface area (Å²) in [6.45, 7) is 0. The molecular weight excluding hydrogens is 193 g/mol. The Bertz CT molecular complexity index is 452. The van der Waals surface area contributed by atoms with Crippen molar-refractivity contribution in [3.63, 3.8) is 0 Å². The lowest BCUT2D eigenvalue weighted by Crippen LogP contribution is -1.85. The summed E-state index contributed by atoms with van der Waals surface area (Å²) in [6, 6.07) is 4.55. The van der Waals surface area contributed by atoms with Gasteiger partial charge in [-0.1, -0.05) is 11.6 Å². The topological polar surface area (TPSA) is 25.0 Å². The number of halogens is 2. The minimum atomic E-state index is -0.331. The predicted octanol–water partition coefficient (Wildman–Crippen LogP) is 2.97. The van der Waals surface area contributed by atoms with Crippen LogP contribution in [0.3, 0.4) is 0 Å². The average Bonchev–Trinajstić information content (AvgIpc) is 2.48. The zero-order valence-corrected chi connectivity index (χ0v) is 7.65. The summed E-state index contributed by atoms with van der Waals surface area (Å²) in [5.74, 6) is 0.280. The van der Waals surface area contributed by atoms with Gasteiger partial charge in [-0.15, -0.1) is 0 Å². The number of hydrogen-bond acceptors (Lipinski definition) is 1. The number of aromatic amines is 1. The van der Waals surface area contributed by atoms with Gasteiger partial charge in [0, 0.05) is 5.39 Å². The summed E-state index contributed by atoms with van der Waals surface area (Å²) in [4.78, 5) is 2.71. The molecule has 0 amide bonds. The van der Waals surface area contributed by atoms with Gasteiger partial charge in [-0.05, 0) is 18.2 Å².